The van der Waals surface area contributed by atoms with Crippen molar-refractivity contribution in [1.29, 1.82) is 0 Å². The summed E-state index contributed by atoms with van der Waals surface area (Å²) in [5.74, 6) is -0.00532. The highest BCUT2D eigenvalue weighted by Gasteiger charge is 2.16. The summed E-state index contributed by atoms with van der Waals surface area (Å²) in [6.07, 6.45) is -0.450. The lowest BCUT2D eigenvalue weighted by Gasteiger charge is -2.13. The number of aromatic nitrogens is 4. The van der Waals surface area contributed by atoms with Gasteiger partial charge in [-0.1, -0.05) is 30.8 Å². The summed E-state index contributed by atoms with van der Waals surface area (Å²) in [6, 6.07) is 9.99. The van der Waals surface area contributed by atoms with Crippen molar-refractivity contribution in [1.82, 2.24) is 19.8 Å². The van der Waals surface area contributed by atoms with Gasteiger partial charge in [0.05, 0.1) is 11.7 Å². The second kappa shape index (κ2) is 6.02. The molecule has 1 N–H and O–H groups in total. The van der Waals surface area contributed by atoms with Crippen molar-refractivity contribution in [3.8, 4) is 11.4 Å². The Kier molecular flexibility index (Phi) is 4.08. The van der Waals surface area contributed by atoms with E-state index < -0.39 is 6.10 Å². The van der Waals surface area contributed by atoms with Crippen molar-refractivity contribution in [3.63, 3.8) is 0 Å². The molecule has 0 spiro atoms. The van der Waals surface area contributed by atoms with Crippen molar-refractivity contribution in [2.75, 3.05) is 0 Å². The van der Waals surface area contributed by atoms with Crippen LogP contribution in [0.1, 0.15) is 13.8 Å². The minimum absolute atomic E-state index is 0.00154. The number of hydrogen-bond acceptors (Lipinski definition) is 5. The lowest BCUT2D eigenvalue weighted by molar-refractivity contribution is 0.196. The molecule has 1 aromatic carbocycles. The Bertz CT molecular complexity index is 805. The second-order valence-corrected chi connectivity index (χ2v) is 6.41. The molecule has 2 unspecified atom stereocenters. The van der Waals surface area contributed by atoms with Crippen LogP contribution in [0.2, 0.25) is 0 Å². The number of aliphatic hydroxyl groups is 1. The van der Waals surface area contributed by atoms with Crippen LogP contribution in [-0.2, 0) is 0 Å². The quantitative estimate of drug-likeness (QED) is 0.750. The van der Waals surface area contributed by atoms with Crippen molar-refractivity contribution in [2.45, 2.75) is 30.2 Å². The molecule has 3 rings (SSSR count). The van der Waals surface area contributed by atoms with Crippen LogP contribution in [0.15, 0.2) is 41.4 Å². The van der Waals surface area contributed by atoms with Crippen molar-refractivity contribution in [3.05, 3.63) is 42.2 Å². The number of halogens is 1. The molecule has 2 heterocycles. The number of aliphatic hydroxyl groups excluding tert-OH is 1. The van der Waals surface area contributed by atoms with Gasteiger partial charge in [0.15, 0.2) is 11.5 Å². The maximum Gasteiger partial charge on any atom is 0.188 e. The van der Waals surface area contributed by atoms with Crippen molar-refractivity contribution in [2.24, 2.45) is 0 Å². The van der Waals surface area contributed by atoms with E-state index in [4.69, 9.17) is 0 Å². The molecule has 2 atom stereocenters. The Morgan fingerprint density at radius 2 is 1.91 bits per heavy atom. The summed E-state index contributed by atoms with van der Waals surface area (Å²) in [7, 11) is 0. The molecule has 3 aromatic rings. The molecule has 0 saturated heterocycles. The second-order valence-electron chi connectivity index (χ2n) is 5.01. The average molecular weight is 318 g/mol. The van der Waals surface area contributed by atoms with Gasteiger partial charge in [0.2, 0.25) is 0 Å². The Hall–Kier alpha value is -1.99. The van der Waals surface area contributed by atoms with E-state index in [9.17, 15) is 9.50 Å². The molecule has 22 heavy (non-hydrogen) atoms. The van der Waals surface area contributed by atoms with E-state index in [0.29, 0.717) is 17.0 Å². The highest BCUT2D eigenvalue weighted by atomic mass is 32.2. The molecular formula is C15H15FN4OS. The summed E-state index contributed by atoms with van der Waals surface area (Å²) in [6.45, 7) is 3.66. The standard InChI is InChI=1S/C15H15FN4OS/c1-9(21)10(2)22-14-8-7-13-17-18-15(20(13)19-14)11-5-3-4-6-12(11)16/h3-10,21H,1-2H3. The molecule has 114 valence electrons. The SMILES string of the molecule is CC(O)C(C)Sc1ccc2nnc(-c3ccccc3F)n2n1. The minimum Gasteiger partial charge on any atom is -0.392 e. The number of hydrogen-bond donors (Lipinski definition) is 1. The Morgan fingerprint density at radius 1 is 1.14 bits per heavy atom. The van der Waals surface area contributed by atoms with Crippen molar-refractivity contribution < 1.29 is 9.50 Å². The van der Waals surface area contributed by atoms with Gasteiger partial charge in [0.25, 0.3) is 0 Å². The molecule has 0 aliphatic heterocycles. The number of thioether (sulfide) groups is 1. The lowest BCUT2D eigenvalue weighted by atomic mass is 10.2. The summed E-state index contributed by atoms with van der Waals surface area (Å²) in [5, 5.41) is 22.8. The van der Waals surface area contributed by atoms with Crippen LogP contribution in [0.5, 0.6) is 0 Å². The van der Waals surface area contributed by atoms with Gasteiger partial charge in [-0.3, -0.25) is 0 Å². The van der Waals surface area contributed by atoms with Gasteiger partial charge in [-0.2, -0.15) is 9.61 Å². The third kappa shape index (κ3) is 2.82. The molecule has 0 aliphatic rings. The number of benzene rings is 1. The maximum absolute atomic E-state index is 14.0. The number of nitrogens with zero attached hydrogens (tertiary/aromatic N) is 4. The zero-order valence-corrected chi connectivity index (χ0v) is 13.0. The minimum atomic E-state index is -0.450. The first-order valence-electron chi connectivity index (χ1n) is 6.88. The van der Waals surface area contributed by atoms with Gasteiger partial charge in [-0.25, -0.2) is 4.39 Å². The monoisotopic (exact) mass is 318 g/mol. The zero-order chi connectivity index (χ0) is 15.7. The van der Waals surface area contributed by atoms with E-state index in [1.807, 2.05) is 13.0 Å². The molecule has 0 fully saturated rings. The van der Waals surface area contributed by atoms with Crippen LogP contribution in [0.3, 0.4) is 0 Å². The fraction of sp³-hybridized carbons (Fsp3) is 0.267. The fourth-order valence-corrected chi connectivity index (χ4v) is 2.79. The van der Waals surface area contributed by atoms with Crippen LogP contribution in [0, 0.1) is 5.82 Å². The fourth-order valence-electron chi connectivity index (χ4n) is 1.93. The molecule has 5 nitrogen and oxygen atoms in total. The Balaban J connectivity index is 2.04. The van der Waals surface area contributed by atoms with Crippen LogP contribution in [0.25, 0.3) is 17.0 Å². The van der Waals surface area contributed by atoms with Crippen molar-refractivity contribution >= 4 is 17.4 Å². The van der Waals surface area contributed by atoms with E-state index >= 15 is 0 Å². The smallest absolute Gasteiger partial charge is 0.188 e. The van der Waals surface area contributed by atoms with Gasteiger partial charge in [0, 0.05) is 5.25 Å². The normalized spacial score (nSPS) is 14.2. The van der Waals surface area contributed by atoms with Crippen LogP contribution >= 0.6 is 11.8 Å². The molecule has 0 saturated carbocycles. The van der Waals surface area contributed by atoms with Gasteiger partial charge in [-0.15, -0.1) is 10.2 Å². The largest absolute Gasteiger partial charge is 0.392 e. The zero-order valence-electron chi connectivity index (χ0n) is 12.1. The van der Waals surface area contributed by atoms with Crippen LogP contribution in [0.4, 0.5) is 4.39 Å². The summed E-state index contributed by atoms with van der Waals surface area (Å²) >= 11 is 1.45. The van der Waals surface area contributed by atoms with E-state index in [-0.39, 0.29) is 11.1 Å². The van der Waals surface area contributed by atoms with E-state index in [0.717, 1.165) is 5.03 Å². The average Bonchev–Trinajstić information content (AvgIpc) is 2.90. The summed E-state index contributed by atoms with van der Waals surface area (Å²) < 4.78 is 15.5. The van der Waals surface area contributed by atoms with Gasteiger partial charge in [-0.05, 0) is 31.2 Å². The molecule has 7 heteroatoms. The van der Waals surface area contributed by atoms with Gasteiger partial charge < -0.3 is 5.11 Å². The molecule has 2 aromatic heterocycles. The van der Waals surface area contributed by atoms with Gasteiger partial charge >= 0.3 is 0 Å². The predicted octanol–water partition coefficient (Wildman–Crippen LogP) is 2.79. The van der Waals surface area contributed by atoms with Gasteiger partial charge in [0.1, 0.15) is 10.8 Å². The highest BCUT2D eigenvalue weighted by molar-refractivity contribution is 7.99. The first-order chi connectivity index (χ1) is 10.6. The number of fused-ring (bicyclic) bond motifs is 1. The first kappa shape index (κ1) is 14.9. The topological polar surface area (TPSA) is 63.3 Å². The maximum atomic E-state index is 14.0. The molecule has 0 radical (unpaired) electrons. The number of rotatable bonds is 4. The summed E-state index contributed by atoms with van der Waals surface area (Å²) in [4.78, 5) is 0. The Morgan fingerprint density at radius 3 is 2.64 bits per heavy atom. The van der Waals surface area contributed by atoms with E-state index in [2.05, 4.69) is 15.3 Å². The molecule has 0 amide bonds. The summed E-state index contributed by atoms with van der Waals surface area (Å²) in [5.41, 5.74) is 0.903. The van der Waals surface area contributed by atoms with E-state index in [1.54, 1.807) is 31.2 Å². The third-order valence-electron chi connectivity index (χ3n) is 3.34. The predicted molar refractivity (Wildman–Crippen MR) is 83.2 cm³/mol. The van der Waals surface area contributed by atoms with Crippen LogP contribution in [-0.4, -0.2) is 36.3 Å². The molecule has 0 bridgehead atoms. The molecule has 0 aliphatic carbocycles. The highest BCUT2D eigenvalue weighted by Crippen LogP contribution is 2.25. The third-order valence-corrected chi connectivity index (χ3v) is 4.56. The van der Waals surface area contributed by atoms with Crippen LogP contribution < -0.4 is 0 Å². The van der Waals surface area contributed by atoms with E-state index in [1.165, 1.54) is 22.3 Å². The Labute approximate surface area is 131 Å². The molecular weight excluding hydrogens is 303 g/mol. The first-order valence-corrected chi connectivity index (χ1v) is 7.76. The lowest BCUT2D eigenvalue weighted by Crippen LogP contribution is -2.15.